The van der Waals surface area contributed by atoms with Gasteiger partial charge in [0.2, 0.25) is 11.8 Å². The third-order valence-electron chi connectivity index (χ3n) is 10.8. The average molecular weight is 742 g/mol. The van der Waals surface area contributed by atoms with E-state index in [-0.39, 0.29) is 34.3 Å². The zero-order valence-electron chi connectivity index (χ0n) is 29.3. The summed E-state index contributed by atoms with van der Waals surface area (Å²) in [6.45, 7) is 3.44. The van der Waals surface area contributed by atoms with Crippen LogP contribution in [0.3, 0.4) is 0 Å². The lowest BCUT2D eigenvalue weighted by atomic mass is 9.88. The van der Waals surface area contributed by atoms with E-state index in [1.54, 1.807) is 27.1 Å². The first-order valence-corrected chi connectivity index (χ1v) is 18.2. The third kappa shape index (κ3) is 5.64. The van der Waals surface area contributed by atoms with E-state index >= 15 is 0 Å². The number of hydrogen-bond acceptors (Lipinski definition) is 9. The number of carbonyl (C=O) groups is 1. The van der Waals surface area contributed by atoms with Crippen LogP contribution < -0.4 is 26.6 Å². The summed E-state index contributed by atoms with van der Waals surface area (Å²) in [5, 5.41) is 7.55. The van der Waals surface area contributed by atoms with Crippen molar-refractivity contribution in [3.05, 3.63) is 90.3 Å². The number of amides is 1. The molecule has 0 bridgehead atoms. The van der Waals surface area contributed by atoms with Crippen molar-refractivity contribution in [1.29, 1.82) is 0 Å². The molecule has 3 aromatic heterocycles. The molecule has 268 valence electrons. The van der Waals surface area contributed by atoms with Crippen LogP contribution in [0.2, 0.25) is 10.0 Å². The summed E-state index contributed by atoms with van der Waals surface area (Å²) in [7, 11) is 4.64. The van der Waals surface area contributed by atoms with Crippen LogP contribution in [0, 0.1) is 6.92 Å². The summed E-state index contributed by atoms with van der Waals surface area (Å²) in [5.41, 5.74) is 4.68. The highest BCUT2D eigenvalue weighted by Crippen LogP contribution is 2.47. The SMILES string of the molecule is COc1nc(-c2cccc(-c3cccc(Nc4nc(C)nc5c4c(=O)n(C)c(=O)n5C)c3Cl)c2Cl)cc2c1C(N1CCC3(CCCC(=O)N3)C1)CC2. The molecule has 2 aromatic carbocycles. The molecule has 1 spiro atoms. The van der Waals surface area contributed by atoms with Gasteiger partial charge in [-0.05, 0) is 56.7 Å². The molecule has 3 aliphatic rings. The number of anilines is 2. The number of halogens is 2. The first-order valence-electron chi connectivity index (χ1n) is 17.4. The molecule has 8 rings (SSSR count). The maximum absolute atomic E-state index is 13.2. The van der Waals surface area contributed by atoms with Gasteiger partial charge in [-0.15, -0.1) is 0 Å². The molecule has 14 heteroatoms. The van der Waals surface area contributed by atoms with Gasteiger partial charge in [-0.1, -0.05) is 53.5 Å². The highest BCUT2D eigenvalue weighted by molar-refractivity contribution is 6.39. The number of ether oxygens (including phenoxy) is 1. The van der Waals surface area contributed by atoms with Gasteiger partial charge in [-0.25, -0.2) is 19.7 Å². The lowest BCUT2D eigenvalue weighted by Gasteiger charge is -2.35. The largest absolute Gasteiger partial charge is 0.481 e. The van der Waals surface area contributed by atoms with Crippen molar-refractivity contribution in [2.45, 2.75) is 57.0 Å². The van der Waals surface area contributed by atoms with E-state index in [1.807, 2.05) is 30.3 Å². The highest BCUT2D eigenvalue weighted by atomic mass is 35.5. The van der Waals surface area contributed by atoms with Crippen molar-refractivity contribution in [1.82, 2.24) is 34.3 Å². The topological polar surface area (TPSA) is 136 Å². The number of nitrogens with one attached hydrogen (secondary N) is 2. The Morgan fingerprint density at radius 2 is 1.69 bits per heavy atom. The molecule has 2 N–H and O–H groups in total. The summed E-state index contributed by atoms with van der Waals surface area (Å²) in [5.74, 6) is 1.36. The van der Waals surface area contributed by atoms with Gasteiger partial charge >= 0.3 is 5.69 Å². The van der Waals surface area contributed by atoms with Crippen LogP contribution >= 0.6 is 23.2 Å². The second kappa shape index (κ2) is 13.0. The molecule has 0 radical (unpaired) electrons. The molecule has 12 nitrogen and oxygen atoms in total. The summed E-state index contributed by atoms with van der Waals surface area (Å²) in [6.07, 6.45) is 5.35. The predicted molar refractivity (Wildman–Crippen MR) is 202 cm³/mol. The number of piperidine rings is 1. The minimum atomic E-state index is -0.519. The second-order valence-corrected chi connectivity index (χ2v) is 14.8. The fraction of sp³-hybridized carbons (Fsp3) is 0.368. The van der Waals surface area contributed by atoms with Crippen molar-refractivity contribution in [2.24, 2.45) is 14.1 Å². The van der Waals surface area contributed by atoms with Gasteiger partial charge in [0.15, 0.2) is 5.65 Å². The van der Waals surface area contributed by atoms with Gasteiger partial charge in [-0.3, -0.25) is 23.6 Å². The number of aryl methyl sites for hydroxylation is 3. The second-order valence-electron chi connectivity index (χ2n) is 14.0. The maximum atomic E-state index is 13.2. The Labute approximate surface area is 309 Å². The van der Waals surface area contributed by atoms with Gasteiger partial charge in [0.05, 0.1) is 34.1 Å². The van der Waals surface area contributed by atoms with E-state index < -0.39 is 11.2 Å². The van der Waals surface area contributed by atoms with E-state index in [0.29, 0.717) is 50.7 Å². The minimum Gasteiger partial charge on any atom is -0.481 e. The molecular formula is C38H38Cl2N8O4. The van der Waals surface area contributed by atoms with Crippen LogP contribution in [0.1, 0.15) is 55.1 Å². The Kier molecular flexibility index (Phi) is 8.59. The molecule has 1 amide bonds. The van der Waals surface area contributed by atoms with Gasteiger partial charge < -0.3 is 15.4 Å². The van der Waals surface area contributed by atoms with Crippen LogP contribution in [0.5, 0.6) is 5.88 Å². The van der Waals surface area contributed by atoms with Crippen LogP contribution in [0.15, 0.2) is 52.1 Å². The minimum absolute atomic E-state index is 0.140. The highest BCUT2D eigenvalue weighted by Gasteiger charge is 2.45. The Balaban J connectivity index is 1.13. The Morgan fingerprint density at radius 3 is 2.46 bits per heavy atom. The number of nitrogens with zero attached hydrogens (tertiary/aromatic N) is 6. The number of fused-ring (bicyclic) bond motifs is 2. The monoisotopic (exact) mass is 740 g/mol. The Bertz CT molecular complexity index is 2430. The number of pyridine rings is 1. The lowest BCUT2D eigenvalue weighted by molar-refractivity contribution is -0.125. The van der Waals surface area contributed by atoms with Gasteiger partial charge in [-0.2, -0.15) is 0 Å². The van der Waals surface area contributed by atoms with E-state index in [1.165, 1.54) is 17.2 Å². The zero-order valence-corrected chi connectivity index (χ0v) is 30.9. The van der Waals surface area contributed by atoms with Gasteiger partial charge in [0.1, 0.15) is 17.0 Å². The zero-order chi connectivity index (χ0) is 36.5. The molecule has 1 aliphatic carbocycles. The molecule has 2 atom stereocenters. The van der Waals surface area contributed by atoms with Gasteiger partial charge in [0.25, 0.3) is 5.56 Å². The molecular weight excluding hydrogens is 703 g/mol. The number of carbonyl (C=O) groups excluding carboxylic acids is 1. The number of benzene rings is 2. The average Bonchev–Trinajstić information content (AvgIpc) is 3.74. The first-order chi connectivity index (χ1) is 25.0. The van der Waals surface area contributed by atoms with E-state index in [9.17, 15) is 14.4 Å². The molecule has 0 saturated carbocycles. The maximum Gasteiger partial charge on any atom is 0.332 e. The molecule has 2 fully saturated rings. The van der Waals surface area contributed by atoms with E-state index in [0.717, 1.165) is 60.9 Å². The number of rotatable bonds is 6. The first kappa shape index (κ1) is 34.3. The summed E-state index contributed by atoms with van der Waals surface area (Å²) in [4.78, 5) is 54.5. The predicted octanol–water partition coefficient (Wildman–Crippen LogP) is 5.86. The Morgan fingerprint density at radius 1 is 0.942 bits per heavy atom. The lowest BCUT2D eigenvalue weighted by Crippen LogP contribution is -2.53. The fourth-order valence-electron chi connectivity index (χ4n) is 8.29. The molecule has 2 saturated heterocycles. The van der Waals surface area contributed by atoms with Crippen LogP contribution in [-0.4, -0.2) is 60.6 Å². The summed E-state index contributed by atoms with van der Waals surface area (Å²) in [6, 6.07) is 13.6. The van der Waals surface area contributed by atoms with E-state index in [4.69, 9.17) is 32.9 Å². The third-order valence-corrected chi connectivity index (χ3v) is 11.7. The number of likely N-dealkylation sites (tertiary alicyclic amines) is 1. The summed E-state index contributed by atoms with van der Waals surface area (Å²) < 4.78 is 8.29. The van der Waals surface area contributed by atoms with Gasteiger partial charge in [0, 0.05) is 61.9 Å². The summed E-state index contributed by atoms with van der Waals surface area (Å²) >= 11 is 14.3. The molecule has 5 heterocycles. The number of hydrogen-bond donors (Lipinski definition) is 2. The normalized spacial score (nSPS) is 20.0. The van der Waals surface area contributed by atoms with Crippen LogP contribution in [0.25, 0.3) is 33.4 Å². The van der Waals surface area contributed by atoms with Crippen molar-refractivity contribution in [2.75, 3.05) is 25.5 Å². The molecule has 5 aromatic rings. The number of aromatic nitrogens is 5. The molecule has 52 heavy (non-hydrogen) atoms. The van der Waals surface area contributed by atoms with Crippen molar-refractivity contribution < 1.29 is 9.53 Å². The Hall–Kier alpha value is -4.78. The molecule has 2 unspecified atom stereocenters. The van der Waals surface area contributed by atoms with Crippen molar-refractivity contribution in [3.63, 3.8) is 0 Å². The quantitative estimate of drug-likeness (QED) is 0.220. The van der Waals surface area contributed by atoms with Crippen LogP contribution in [-0.2, 0) is 25.3 Å². The van der Waals surface area contributed by atoms with Crippen LogP contribution in [0.4, 0.5) is 11.5 Å². The number of methoxy groups -OCH3 is 1. The van der Waals surface area contributed by atoms with E-state index in [2.05, 4.69) is 31.6 Å². The standard InChI is InChI=1S/C38H38Cl2N8O4/c1-20-41-33(30-34(42-20)46(2)37(51)47(3)36(30)50)43-25-11-6-9-23(32(25)40)22-8-5-10-24(31(22)39)26-18-21-13-14-27(29(21)35(44-26)52-4)48-17-16-38(19-48)15-7-12-28(49)45-38/h5-6,8-11,18,27H,7,12-17,19H2,1-4H3,(H,45,49)(H,41,42,43). The van der Waals surface area contributed by atoms with Crippen molar-refractivity contribution in [3.8, 4) is 28.3 Å². The molecule has 2 aliphatic heterocycles. The smallest absolute Gasteiger partial charge is 0.332 e. The fourth-order valence-corrected chi connectivity index (χ4v) is 8.88. The van der Waals surface area contributed by atoms with Crippen molar-refractivity contribution >= 4 is 51.6 Å².